The minimum absolute atomic E-state index is 0. The molecule has 0 amide bonds. The molecule has 99 valence electrons. The van der Waals surface area contributed by atoms with Crippen LogP contribution in [0.3, 0.4) is 0 Å². The summed E-state index contributed by atoms with van der Waals surface area (Å²) >= 11 is 5.01. The number of hydrogen-bond donors (Lipinski definition) is 1. The molecule has 0 unspecified atom stereocenters. The monoisotopic (exact) mass is 319 g/mol. The first-order chi connectivity index (χ1) is 8.59. The van der Waals surface area contributed by atoms with E-state index in [1.54, 1.807) is 6.92 Å². The third-order valence-electron chi connectivity index (χ3n) is 2.46. The average Bonchev–Trinajstić information content (AvgIpc) is 2.40. The van der Waals surface area contributed by atoms with Crippen molar-refractivity contribution < 1.29 is 16.8 Å². The van der Waals surface area contributed by atoms with Gasteiger partial charge < -0.3 is 0 Å². The third kappa shape index (κ3) is 3.46. The number of nitrogens with one attached hydrogen (secondary N) is 1. The fourth-order valence-corrected chi connectivity index (χ4v) is 1.62. The summed E-state index contributed by atoms with van der Waals surface area (Å²) in [4.78, 5) is 11.9. The van der Waals surface area contributed by atoms with Crippen molar-refractivity contribution in [2.45, 2.75) is 13.8 Å². The molecule has 1 aromatic carbocycles. The maximum absolute atomic E-state index is 11.9. The molecule has 5 nitrogen and oxygen atoms in total. The quantitative estimate of drug-likeness (QED) is 0.679. The van der Waals surface area contributed by atoms with Crippen molar-refractivity contribution in [1.29, 1.82) is 0 Å². The molecule has 0 saturated carbocycles. The van der Waals surface area contributed by atoms with Gasteiger partial charge >= 0.3 is 16.8 Å². The van der Waals surface area contributed by atoms with Gasteiger partial charge in [0.2, 0.25) is 4.77 Å². The maximum atomic E-state index is 11.9. The fourth-order valence-electron chi connectivity index (χ4n) is 1.45. The Kier molecular flexibility index (Phi) is 5.34. The van der Waals surface area contributed by atoms with Gasteiger partial charge in [0.15, 0.2) is 0 Å². The molecule has 1 N–H and O–H groups in total. The summed E-state index contributed by atoms with van der Waals surface area (Å²) in [7, 11) is 0. The average molecular weight is 319 g/mol. The number of H-pyrrole nitrogens is 1. The minimum Gasteiger partial charge on any atom is -0.265 e. The van der Waals surface area contributed by atoms with Gasteiger partial charge in [-0.25, -0.2) is 0 Å². The number of hydrogen-bond acceptors (Lipinski definition) is 4. The van der Waals surface area contributed by atoms with Crippen molar-refractivity contribution in [2.24, 2.45) is 5.10 Å². The van der Waals surface area contributed by atoms with Gasteiger partial charge in [-0.05, 0) is 31.6 Å². The molecule has 0 bridgehead atoms. The van der Waals surface area contributed by atoms with E-state index in [1.165, 1.54) is 0 Å². The van der Waals surface area contributed by atoms with E-state index in [-0.39, 0.29) is 27.1 Å². The Morgan fingerprint density at radius 2 is 2.00 bits per heavy atom. The summed E-state index contributed by atoms with van der Waals surface area (Å²) < 4.78 is 1.33. The second-order valence-electron chi connectivity index (χ2n) is 3.78. The van der Waals surface area contributed by atoms with Crippen molar-refractivity contribution in [3.8, 4) is 0 Å². The molecular formula is C12H12CoN4OS+2. The summed E-state index contributed by atoms with van der Waals surface area (Å²) in [6.07, 6.45) is 0. The molecule has 0 aliphatic carbocycles. The largest absolute Gasteiger partial charge is 2.00 e. The number of aryl methyl sites for hydroxylation is 1. The van der Waals surface area contributed by atoms with E-state index in [0.717, 1.165) is 10.2 Å². The SMILES string of the molecule is C/C(=N/n1c(=S)[nH]nc(C)c1=O)c1ccccc1.[Co+2]. The zero-order valence-corrected chi connectivity index (χ0v) is 12.2. The molecular weight excluding hydrogens is 307 g/mol. The topological polar surface area (TPSA) is 63.0 Å². The van der Waals surface area contributed by atoms with Crippen LogP contribution in [0.2, 0.25) is 0 Å². The number of aromatic amines is 1. The van der Waals surface area contributed by atoms with Gasteiger partial charge in [-0.3, -0.25) is 9.89 Å². The number of aromatic nitrogens is 3. The molecule has 0 aliphatic heterocycles. The van der Waals surface area contributed by atoms with Gasteiger partial charge in [-0.2, -0.15) is 14.9 Å². The predicted octanol–water partition coefficient (Wildman–Crippen LogP) is 1.88. The molecule has 0 fully saturated rings. The summed E-state index contributed by atoms with van der Waals surface area (Å²) in [5, 5.41) is 10.6. The van der Waals surface area contributed by atoms with Gasteiger partial charge in [0.05, 0.1) is 5.71 Å². The third-order valence-corrected chi connectivity index (χ3v) is 2.72. The van der Waals surface area contributed by atoms with Crippen molar-refractivity contribution in [3.05, 3.63) is 56.7 Å². The van der Waals surface area contributed by atoms with Gasteiger partial charge in [0, 0.05) is 0 Å². The Labute approximate surface area is 125 Å². The van der Waals surface area contributed by atoms with E-state index in [9.17, 15) is 4.79 Å². The predicted molar refractivity (Wildman–Crippen MR) is 72.5 cm³/mol. The maximum Gasteiger partial charge on any atom is 2.00 e. The zero-order valence-electron chi connectivity index (χ0n) is 10.4. The van der Waals surface area contributed by atoms with Crippen LogP contribution in [0.1, 0.15) is 18.2 Å². The Balaban J connectivity index is 0.00000180. The Bertz CT molecular complexity index is 706. The first kappa shape index (κ1) is 15.5. The molecule has 2 rings (SSSR count). The second kappa shape index (κ2) is 6.55. The van der Waals surface area contributed by atoms with E-state index in [1.807, 2.05) is 37.3 Å². The molecule has 0 saturated heterocycles. The smallest absolute Gasteiger partial charge is 0.265 e. The van der Waals surface area contributed by atoms with E-state index in [0.29, 0.717) is 11.4 Å². The Morgan fingerprint density at radius 3 is 2.63 bits per heavy atom. The standard InChI is InChI=1S/C12H12N4OS.Co/c1-8(10-6-4-3-5-7-10)15-16-11(17)9(2)13-14-12(16)18;/h3-7H,1-2H3,(H,14,18);/q;+2/b15-8-;. The molecule has 1 aromatic heterocycles. The van der Waals surface area contributed by atoms with Crippen molar-refractivity contribution in [1.82, 2.24) is 14.9 Å². The zero-order chi connectivity index (χ0) is 13.1. The van der Waals surface area contributed by atoms with Crippen LogP contribution < -0.4 is 5.56 Å². The van der Waals surface area contributed by atoms with Crippen LogP contribution >= 0.6 is 12.2 Å². The van der Waals surface area contributed by atoms with Crippen LogP contribution in [0.4, 0.5) is 0 Å². The molecule has 1 radical (unpaired) electrons. The minimum atomic E-state index is -0.311. The first-order valence-corrected chi connectivity index (χ1v) is 5.80. The number of benzene rings is 1. The molecule has 0 spiro atoms. The molecule has 0 atom stereocenters. The van der Waals surface area contributed by atoms with Gasteiger partial charge in [0.25, 0.3) is 5.56 Å². The van der Waals surface area contributed by atoms with Crippen LogP contribution in [0.25, 0.3) is 0 Å². The summed E-state index contributed by atoms with van der Waals surface area (Å²) in [5.74, 6) is 0. The van der Waals surface area contributed by atoms with Gasteiger partial charge in [-0.15, -0.1) is 0 Å². The molecule has 19 heavy (non-hydrogen) atoms. The Morgan fingerprint density at radius 1 is 1.37 bits per heavy atom. The van der Waals surface area contributed by atoms with E-state index < -0.39 is 0 Å². The van der Waals surface area contributed by atoms with Crippen LogP contribution in [0, 0.1) is 11.7 Å². The van der Waals surface area contributed by atoms with E-state index in [2.05, 4.69) is 15.3 Å². The normalized spacial score (nSPS) is 10.9. The van der Waals surface area contributed by atoms with Crippen LogP contribution in [0.5, 0.6) is 0 Å². The second-order valence-corrected chi connectivity index (χ2v) is 4.17. The van der Waals surface area contributed by atoms with Crippen LogP contribution in [-0.2, 0) is 16.8 Å². The van der Waals surface area contributed by atoms with E-state index in [4.69, 9.17) is 12.2 Å². The van der Waals surface area contributed by atoms with Crippen molar-refractivity contribution >= 4 is 17.9 Å². The molecule has 2 aromatic rings. The first-order valence-electron chi connectivity index (χ1n) is 5.39. The van der Waals surface area contributed by atoms with Crippen molar-refractivity contribution in [2.75, 3.05) is 0 Å². The Hall–Kier alpha value is -1.57. The summed E-state index contributed by atoms with van der Waals surface area (Å²) in [6.45, 7) is 3.43. The fraction of sp³-hybridized carbons (Fsp3) is 0.167. The van der Waals surface area contributed by atoms with Crippen LogP contribution in [-0.4, -0.2) is 20.6 Å². The summed E-state index contributed by atoms with van der Waals surface area (Å²) in [6, 6.07) is 9.59. The molecule has 7 heteroatoms. The molecule has 0 aliphatic rings. The van der Waals surface area contributed by atoms with Gasteiger partial charge in [-0.1, -0.05) is 30.3 Å². The number of nitrogens with zero attached hydrogens (tertiary/aromatic N) is 3. The van der Waals surface area contributed by atoms with E-state index >= 15 is 0 Å². The van der Waals surface area contributed by atoms with Crippen LogP contribution in [0.15, 0.2) is 40.2 Å². The molecule has 1 heterocycles. The number of rotatable bonds is 2. The van der Waals surface area contributed by atoms with Gasteiger partial charge in [0.1, 0.15) is 5.69 Å². The summed E-state index contributed by atoms with van der Waals surface area (Å²) in [5.41, 5.74) is 1.67. The van der Waals surface area contributed by atoms with Crippen molar-refractivity contribution in [3.63, 3.8) is 0 Å².